The molecule has 0 aliphatic carbocycles. The summed E-state index contributed by atoms with van der Waals surface area (Å²) in [5, 5.41) is -0.0956. The summed E-state index contributed by atoms with van der Waals surface area (Å²) in [4.78, 5) is 25.6. The van der Waals surface area contributed by atoms with Crippen molar-refractivity contribution in [1.82, 2.24) is 29.9 Å². The Morgan fingerprint density at radius 1 is 0.452 bits per heavy atom. The number of rotatable bonds is 19. The molecular formula is C51H51ClN10O9S2. The van der Waals surface area contributed by atoms with Crippen molar-refractivity contribution in [3.05, 3.63) is 162 Å². The quantitative estimate of drug-likeness (QED) is 0.0551. The molecule has 73 heavy (non-hydrogen) atoms. The van der Waals surface area contributed by atoms with E-state index in [1.165, 1.54) is 21.3 Å². The lowest BCUT2D eigenvalue weighted by atomic mass is 10.0. The molecule has 8 rings (SSSR count). The highest BCUT2D eigenvalue weighted by atomic mass is 35.5. The van der Waals surface area contributed by atoms with E-state index in [0.717, 1.165) is 11.1 Å². The molecule has 378 valence electrons. The van der Waals surface area contributed by atoms with E-state index in [2.05, 4.69) is 76.5 Å². The van der Waals surface area contributed by atoms with Gasteiger partial charge in [0.2, 0.25) is 11.5 Å². The van der Waals surface area contributed by atoms with E-state index in [1.807, 2.05) is 24.3 Å². The highest BCUT2D eigenvalue weighted by Gasteiger charge is 2.25. The second kappa shape index (κ2) is 23.8. The predicted molar refractivity (Wildman–Crippen MR) is 282 cm³/mol. The maximum absolute atomic E-state index is 13.1. The Morgan fingerprint density at radius 3 is 1.23 bits per heavy atom. The van der Waals surface area contributed by atoms with Crippen LogP contribution >= 0.6 is 11.6 Å². The van der Waals surface area contributed by atoms with E-state index in [1.54, 1.807) is 122 Å². The van der Waals surface area contributed by atoms with Crippen molar-refractivity contribution in [2.24, 2.45) is 0 Å². The van der Waals surface area contributed by atoms with Crippen molar-refractivity contribution in [1.29, 1.82) is 0 Å². The van der Waals surface area contributed by atoms with Gasteiger partial charge in [0.05, 0.1) is 32.7 Å². The van der Waals surface area contributed by atoms with Gasteiger partial charge in [0.1, 0.15) is 0 Å². The van der Waals surface area contributed by atoms with Gasteiger partial charge in [0, 0.05) is 35.9 Å². The molecule has 0 aliphatic heterocycles. The first kappa shape index (κ1) is 52.6. The third kappa shape index (κ3) is 14.0. The first-order valence-corrected chi connectivity index (χ1v) is 25.7. The van der Waals surface area contributed by atoms with Crippen LogP contribution in [0.4, 0.5) is 23.0 Å². The number of aromatic nitrogens is 6. The second-order valence-corrected chi connectivity index (χ2v) is 19.4. The van der Waals surface area contributed by atoms with Gasteiger partial charge >= 0.3 is 20.4 Å². The lowest BCUT2D eigenvalue weighted by Gasteiger charge is -2.18. The summed E-state index contributed by atoms with van der Waals surface area (Å²) in [5.41, 5.74) is 4.14. The van der Waals surface area contributed by atoms with Gasteiger partial charge in [-0.3, -0.25) is 19.4 Å². The summed E-state index contributed by atoms with van der Waals surface area (Å²) in [7, 11) is -3.89. The van der Waals surface area contributed by atoms with Crippen LogP contribution in [0, 0.1) is 0 Å². The fraction of sp³-hybridized carbons (Fsp3) is 0.176. The molecular weight excluding hydrogens is 996 g/mol. The lowest BCUT2D eigenvalue weighted by molar-refractivity contribution is 0.348. The van der Waals surface area contributed by atoms with Gasteiger partial charge in [0.15, 0.2) is 51.4 Å². The molecule has 4 heterocycles. The number of hydrogen-bond acceptors (Lipinski definition) is 15. The van der Waals surface area contributed by atoms with Crippen LogP contribution < -0.4 is 42.6 Å². The molecule has 4 N–H and O–H groups in total. The summed E-state index contributed by atoms with van der Waals surface area (Å²) in [6.45, 7) is 8.24. The van der Waals surface area contributed by atoms with Crippen molar-refractivity contribution in [3.8, 4) is 63.2 Å². The maximum atomic E-state index is 13.1. The number of hydrogen-bond donors (Lipinski definition) is 4. The number of para-hydroxylation sites is 4. The molecule has 0 spiro atoms. The number of ether oxygens (including phenoxy) is 5. The largest absolute Gasteiger partial charge is 0.493 e. The standard InChI is InChI=1S/C26H27N5O5S.C25H24ClN5O4S/c1-17(2)18-9-11-20(12-10-18)30-37(32,33)31-25-23(36-22-8-6-5-7-21(22)34-3)26(35-4)29-24(28-25)19-13-15-27-16-14-19;1-16(2)17-8-10-19(11-9-17)30-36(32,33)31-25-22(35-21-7-5-4-6-20(21)34-3)23(26)28-24(29-25)18-12-14-27-15-13-18/h5-17,30H,1-4H3,(H,28,29,31);4-16,30H,1-3H3,(H,28,29,31). The normalized spacial score (nSPS) is 11.2. The molecule has 22 heteroatoms. The van der Waals surface area contributed by atoms with Gasteiger partial charge < -0.3 is 23.7 Å². The van der Waals surface area contributed by atoms with Crippen LogP contribution in [0.5, 0.6) is 40.4 Å². The molecule has 0 bridgehead atoms. The molecule has 4 aromatic heterocycles. The summed E-state index contributed by atoms with van der Waals surface area (Å²) >= 11 is 6.48. The molecule has 19 nitrogen and oxygen atoms in total. The van der Waals surface area contributed by atoms with Gasteiger partial charge in [-0.2, -0.15) is 21.8 Å². The fourth-order valence-corrected chi connectivity index (χ4v) is 8.68. The summed E-state index contributed by atoms with van der Waals surface area (Å²) in [6, 6.07) is 34.8. The molecule has 0 unspecified atom stereocenters. The van der Waals surface area contributed by atoms with Gasteiger partial charge in [-0.25, -0.2) is 24.4 Å². The van der Waals surface area contributed by atoms with E-state index in [4.69, 9.17) is 35.3 Å². The molecule has 8 aromatic rings. The van der Waals surface area contributed by atoms with Gasteiger partial charge in [-0.05, 0) is 95.8 Å². The number of pyridine rings is 2. The van der Waals surface area contributed by atoms with Crippen LogP contribution in [-0.4, -0.2) is 68.1 Å². The lowest BCUT2D eigenvalue weighted by Crippen LogP contribution is -2.23. The zero-order valence-corrected chi connectivity index (χ0v) is 43.0. The summed E-state index contributed by atoms with van der Waals surface area (Å²) < 4.78 is 90.5. The first-order valence-electron chi connectivity index (χ1n) is 22.3. The van der Waals surface area contributed by atoms with Crippen molar-refractivity contribution >= 4 is 55.0 Å². The zero-order valence-electron chi connectivity index (χ0n) is 40.6. The average molecular weight is 1050 g/mol. The molecule has 0 atom stereocenters. The van der Waals surface area contributed by atoms with Gasteiger partial charge in [0.25, 0.3) is 5.88 Å². The van der Waals surface area contributed by atoms with Gasteiger partial charge in [-0.15, -0.1) is 0 Å². The van der Waals surface area contributed by atoms with Crippen molar-refractivity contribution in [2.45, 2.75) is 39.5 Å². The Balaban J connectivity index is 0.000000214. The number of halogens is 1. The Bertz CT molecular complexity index is 3360. The third-order valence-electron chi connectivity index (χ3n) is 10.4. The van der Waals surface area contributed by atoms with E-state index in [9.17, 15) is 16.8 Å². The molecule has 0 saturated carbocycles. The van der Waals surface area contributed by atoms with E-state index >= 15 is 0 Å². The SMILES string of the molecule is COc1ccccc1Oc1c(Cl)nc(-c2ccncc2)nc1NS(=O)(=O)Nc1ccc(C(C)C)cc1.COc1ccccc1Oc1c(NS(=O)(=O)Nc2ccc(C(C)C)cc2)nc(-c2ccncc2)nc1OC. The van der Waals surface area contributed by atoms with Crippen LogP contribution in [-0.2, 0) is 20.4 Å². The Morgan fingerprint density at radius 2 is 0.836 bits per heavy atom. The Labute approximate surface area is 428 Å². The zero-order chi connectivity index (χ0) is 52.1. The van der Waals surface area contributed by atoms with Crippen molar-refractivity contribution < 1.29 is 40.5 Å². The van der Waals surface area contributed by atoms with Crippen LogP contribution in [0.15, 0.2) is 146 Å². The number of anilines is 4. The Hall–Kier alpha value is -8.27. The molecule has 4 aromatic carbocycles. The van der Waals surface area contributed by atoms with Crippen LogP contribution in [0.1, 0.15) is 50.7 Å². The third-order valence-corrected chi connectivity index (χ3v) is 12.6. The predicted octanol–water partition coefficient (Wildman–Crippen LogP) is 11.1. The number of nitrogens with zero attached hydrogens (tertiary/aromatic N) is 6. The summed E-state index contributed by atoms with van der Waals surface area (Å²) in [6.07, 6.45) is 6.30. The monoisotopic (exact) mass is 1050 g/mol. The molecule has 0 amide bonds. The minimum absolute atomic E-state index is 0.0201. The van der Waals surface area contributed by atoms with E-state index < -0.39 is 20.4 Å². The first-order chi connectivity index (χ1) is 35.0. The molecule has 0 radical (unpaired) electrons. The van der Waals surface area contributed by atoms with Crippen molar-refractivity contribution in [3.63, 3.8) is 0 Å². The van der Waals surface area contributed by atoms with Gasteiger partial charge in [-0.1, -0.05) is 87.8 Å². The highest BCUT2D eigenvalue weighted by Crippen LogP contribution is 2.42. The average Bonchev–Trinajstić information content (AvgIpc) is 3.38. The van der Waals surface area contributed by atoms with Crippen LogP contribution in [0.3, 0.4) is 0 Å². The number of methoxy groups -OCH3 is 3. The highest BCUT2D eigenvalue weighted by molar-refractivity contribution is 7.94. The number of nitrogens with one attached hydrogen (secondary N) is 4. The molecule has 0 fully saturated rings. The minimum Gasteiger partial charge on any atom is -0.493 e. The maximum Gasteiger partial charge on any atom is 0.322 e. The van der Waals surface area contributed by atoms with Crippen LogP contribution in [0.25, 0.3) is 22.8 Å². The fourth-order valence-electron chi connectivity index (χ4n) is 6.69. The smallest absolute Gasteiger partial charge is 0.322 e. The number of benzene rings is 4. The molecule has 0 aliphatic rings. The Kier molecular flexibility index (Phi) is 17.1. The van der Waals surface area contributed by atoms with E-state index in [-0.39, 0.29) is 45.8 Å². The second-order valence-electron chi connectivity index (χ2n) is 16.2. The van der Waals surface area contributed by atoms with E-state index in [0.29, 0.717) is 57.3 Å². The topological polar surface area (TPSA) is 240 Å². The van der Waals surface area contributed by atoms with Crippen LogP contribution in [0.2, 0.25) is 5.15 Å². The minimum atomic E-state index is -4.14. The summed E-state index contributed by atoms with van der Waals surface area (Å²) in [5.74, 6) is 2.13. The van der Waals surface area contributed by atoms with Crippen molar-refractivity contribution in [2.75, 3.05) is 40.2 Å². The molecule has 0 saturated heterocycles.